The quantitative estimate of drug-likeness (QED) is 0.468. The second-order valence-corrected chi connectivity index (χ2v) is 3.52. The third-order valence-corrected chi connectivity index (χ3v) is 2.03. The van der Waals surface area contributed by atoms with Crippen LogP contribution >= 0.6 is 0 Å². The van der Waals surface area contributed by atoms with Gasteiger partial charge in [-0.05, 0) is 13.8 Å². The first kappa shape index (κ1) is 8.65. The first-order valence-electron chi connectivity index (χ1n) is 2.57. The Morgan fingerprint density at radius 3 is 2.11 bits per heavy atom. The highest BCUT2D eigenvalue weighted by Crippen LogP contribution is 1.97. The van der Waals surface area contributed by atoms with Gasteiger partial charge in [-0.25, -0.2) is 0 Å². The summed E-state index contributed by atoms with van der Waals surface area (Å²) >= 11 is 0. The molecule has 0 spiro atoms. The van der Waals surface area contributed by atoms with E-state index in [0.29, 0.717) is 0 Å². The summed E-state index contributed by atoms with van der Waals surface area (Å²) in [5.74, 6) is 0. The maximum Gasteiger partial charge on any atom is 0.271 e. The van der Waals surface area contributed by atoms with Gasteiger partial charge in [0.2, 0.25) is 0 Å². The molecule has 0 amide bonds. The van der Waals surface area contributed by atoms with Gasteiger partial charge in [-0.1, -0.05) is 12.2 Å². The highest BCUT2D eigenvalue weighted by atomic mass is 32.2. The summed E-state index contributed by atoms with van der Waals surface area (Å²) in [6.07, 6.45) is 2.99. The fraction of sp³-hybridized carbons (Fsp3) is 0.600. The Morgan fingerprint density at radius 2 is 2.00 bits per heavy atom. The van der Waals surface area contributed by atoms with Crippen molar-refractivity contribution in [2.24, 2.45) is 0 Å². The average molecular weight is 150 g/mol. The van der Waals surface area contributed by atoms with Gasteiger partial charge >= 0.3 is 0 Å². The predicted octanol–water partition coefficient (Wildman–Crippen LogP) is 0.839. The molecule has 0 fully saturated rings. The van der Waals surface area contributed by atoms with Crippen LogP contribution in [-0.4, -0.2) is 18.2 Å². The molecule has 4 heteroatoms. The molecule has 0 radical (unpaired) electrons. The molecule has 3 nitrogen and oxygen atoms in total. The summed E-state index contributed by atoms with van der Waals surface area (Å²) < 4.78 is 28.8. The monoisotopic (exact) mass is 150 g/mol. The third kappa shape index (κ3) is 3.26. The van der Waals surface area contributed by atoms with Crippen LogP contribution in [0.2, 0.25) is 0 Å². The molecule has 9 heavy (non-hydrogen) atoms. The maximum atomic E-state index is 10.2. The lowest BCUT2D eigenvalue weighted by molar-refractivity contribution is 0.477. The van der Waals surface area contributed by atoms with Crippen LogP contribution in [0.15, 0.2) is 12.2 Å². The van der Waals surface area contributed by atoms with Crippen molar-refractivity contribution in [3.05, 3.63) is 12.2 Å². The molecule has 1 N–H and O–H groups in total. The summed E-state index contributed by atoms with van der Waals surface area (Å²) in [4.78, 5) is 0. The minimum Gasteiger partial charge on any atom is -0.285 e. The molecule has 0 aliphatic carbocycles. The second-order valence-electron chi connectivity index (χ2n) is 1.75. The van der Waals surface area contributed by atoms with Gasteiger partial charge in [0.1, 0.15) is 5.25 Å². The summed E-state index contributed by atoms with van der Waals surface area (Å²) in [7, 11) is -3.85. The van der Waals surface area contributed by atoms with Crippen LogP contribution in [0.1, 0.15) is 13.8 Å². The lowest BCUT2D eigenvalue weighted by Gasteiger charge is -1.98. The molecule has 0 saturated heterocycles. The Labute approximate surface area is 55.1 Å². The van der Waals surface area contributed by atoms with E-state index >= 15 is 0 Å². The van der Waals surface area contributed by atoms with Gasteiger partial charge in [-0.2, -0.15) is 8.42 Å². The molecule has 0 rings (SSSR count). The summed E-state index contributed by atoms with van der Waals surface area (Å²) in [5.41, 5.74) is 0. The van der Waals surface area contributed by atoms with E-state index in [0.717, 1.165) is 0 Å². The van der Waals surface area contributed by atoms with E-state index in [2.05, 4.69) is 0 Å². The first-order chi connectivity index (χ1) is 3.98. The van der Waals surface area contributed by atoms with Crippen molar-refractivity contribution in [1.29, 1.82) is 0 Å². The summed E-state index contributed by atoms with van der Waals surface area (Å²) in [6, 6.07) is 0. The smallest absolute Gasteiger partial charge is 0.271 e. The van der Waals surface area contributed by atoms with Gasteiger partial charge in [0.15, 0.2) is 0 Å². The van der Waals surface area contributed by atoms with Crippen LogP contribution in [0.25, 0.3) is 0 Å². The highest BCUT2D eigenvalue weighted by molar-refractivity contribution is 7.86. The minimum absolute atomic E-state index is 0.789. The van der Waals surface area contributed by atoms with Crippen LogP contribution < -0.4 is 0 Å². The van der Waals surface area contributed by atoms with Gasteiger partial charge in [0.25, 0.3) is 10.1 Å². The van der Waals surface area contributed by atoms with Crippen LogP contribution in [0.4, 0.5) is 0 Å². The lowest BCUT2D eigenvalue weighted by atomic mass is 10.4. The standard InChI is InChI=1S/C5H10O3S/c1-3-4-5(2)9(6,7)8/h3-5H,1-2H3,(H,6,7,8). The van der Waals surface area contributed by atoms with E-state index < -0.39 is 15.4 Å². The molecule has 54 valence electrons. The largest absolute Gasteiger partial charge is 0.285 e. The summed E-state index contributed by atoms with van der Waals surface area (Å²) in [5, 5.41) is -0.789. The van der Waals surface area contributed by atoms with Crippen molar-refractivity contribution in [2.45, 2.75) is 19.1 Å². The molecule has 0 saturated carbocycles. The van der Waals surface area contributed by atoms with Crippen molar-refractivity contribution in [3.8, 4) is 0 Å². The summed E-state index contributed by atoms with van der Waals surface area (Å²) in [6.45, 7) is 3.11. The molecule has 0 aromatic heterocycles. The highest BCUT2D eigenvalue weighted by Gasteiger charge is 2.11. The Balaban J connectivity index is 4.24. The lowest BCUT2D eigenvalue weighted by Crippen LogP contribution is -2.12. The van der Waals surface area contributed by atoms with E-state index in [9.17, 15) is 8.42 Å². The molecule has 1 atom stereocenters. The zero-order chi connectivity index (χ0) is 7.49. The molecule has 0 aliphatic rings. The molecular formula is C5H10O3S. The molecule has 0 aromatic rings. The normalized spacial score (nSPS) is 16.3. The van der Waals surface area contributed by atoms with E-state index in [1.54, 1.807) is 13.0 Å². The van der Waals surface area contributed by atoms with E-state index in [1.807, 2.05) is 0 Å². The number of allylic oxidation sites excluding steroid dienone is 1. The molecule has 0 aliphatic heterocycles. The van der Waals surface area contributed by atoms with E-state index in [4.69, 9.17) is 4.55 Å². The van der Waals surface area contributed by atoms with Crippen molar-refractivity contribution in [2.75, 3.05) is 0 Å². The zero-order valence-electron chi connectivity index (χ0n) is 5.40. The Kier molecular flexibility index (Phi) is 2.87. The van der Waals surface area contributed by atoms with Crippen LogP contribution in [0, 0.1) is 0 Å². The van der Waals surface area contributed by atoms with Gasteiger partial charge < -0.3 is 0 Å². The number of hydrogen-bond acceptors (Lipinski definition) is 2. The zero-order valence-corrected chi connectivity index (χ0v) is 6.22. The van der Waals surface area contributed by atoms with Crippen LogP contribution in [0.5, 0.6) is 0 Å². The Morgan fingerprint density at radius 1 is 1.56 bits per heavy atom. The molecular weight excluding hydrogens is 140 g/mol. The van der Waals surface area contributed by atoms with E-state index in [-0.39, 0.29) is 0 Å². The van der Waals surface area contributed by atoms with Crippen LogP contribution in [0.3, 0.4) is 0 Å². The topological polar surface area (TPSA) is 54.4 Å². The molecule has 0 heterocycles. The van der Waals surface area contributed by atoms with Crippen molar-refractivity contribution >= 4 is 10.1 Å². The fourth-order valence-corrected chi connectivity index (χ4v) is 0.726. The van der Waals surface area contributed by atoms with Gasteiger partial charge in [-0.3, -0.25) is 4.55 Å². The predicted molar refractivity (Wildman–Crippen MR) is 35.8 cm³/mol. The van der Waals surface area contributed by atoms with E-state index in [1.165, 1.54) is 13.0 Å². The van der Waals surface area contributed by atoms with Gasteiger partial charge in [-0.15, -0.1) is 0 Å². The average Bonchev–Trinajstić information content (AvgIpc) is 1.64. The second kappa shape index (κ2) is 2.98. The Bertz CT molecular complexity index is 190. The number of hydrogen-bond donors (Lipinski definition) is 1. The maximum absolute atomic E-state index is 10.2. The van der Waals surface area contributed by atoms with Gasteiger partial charge in [0, 0.05) is 0 Å². The molecule has 0 bridgehead atoms. The van der Waals surface area contributed by atoms with Crippen molar-refractivity contribution in [3.63, 3.8) is 0 Å². The first-order valence-corrected chi connectivity index (χ1v) is 4.08. The van der Waals surface area contributed by atoms with Crippen LogP contribution in [-0.2, 0) is 10.1 Å². The van der Waals surface area contributed by atoms with Gasteiger partial charge in [0.05, 0.1) is 0 Å². The Hall–Kier alpha value is -0.350. The SMILES string of the molecule is CC=CC(C)S(=O)(=O)O. The van der Waals surface area contributed by atoms with Crippen molar-refractivity contribution in [1.82, 2.24) is 0 Å². The minimum atomic E-state index is -3.85. The number of rotatable bonds is 2. The molecule has 1 unspecified atom stereocenters. The third-order valence-electron chi connectivity index (χ3n) is 0.933. The fourth-order valence-electron chi connectivity index (χ4n) is 0.370. The molecule has 0 aromatic carbocycles. The van der Waals surface area contributed by atoms with Crippen molar-refractivity contribution < 1.29 is 13.0 Å².